The van der Waals surface area contributed by atoms with E-state index in [1.165, 1.54) is 0 Å². The van der Waals surface area contributed by atoms with Crippen molar-refractivity contribution in [3.63, 3.8) is 0 Å². The first kappa shape index (κ1) is 11.5. The Hall–Kier alpha value is -1.53. The van der Waals surface area contributed by atoms with E-state index < -0.39 is 0 Å². The molecule has 1 aromatic carbocycles. The van der Waals surface area contributed by atoms with E-state index in [9.17, 15) is 0 Å². The fourth-order valence-corrected chi connectivity index (χ4v) is 1.26. The fourth-order valence-electron chi connectivity index (χ4n) is 1.26. The molecule has 0 radical (unpaired) electrons. The van der Waals surface area contributed by atoms with E-state index in [-0.39, 0.29) is 0 Å². The normalized spacial score (nSPS) is 9.67. The standard InChI is InChI=1S/C12H15NO2/c1-3-14-7-8-15-12-6-4-5-10(2)11(12)9-13/h4-6H,3,7-8H2,1-2H3. The maximum atomic E-state index is 8.94. The Morgan fingerprint density at radius 2 is 2.13 bits per heavy atom. The molecule has 0 spiro atoms. The van der Waals surface area contributed by atoms with Crippen molar-refractivity contribution < 1.29 is 9.47 Å². The Labute approximate surface area is 90.2 Å². The lowest BCUT2D eigenvalue weighted by Gasteiger charge is -2.08. The molecule has 0 aromatic heterocycles. The molecule has 0 aliphatic carbocycles. The van der Waals surface area contributed by atoms with E-state index in [4.69, 9.17) is 14.7 Å². The molecular weight excluding hydrogens is 190 g/mol. The van der Waals surface area contributed by atoms with Crippen molar-refractivity contribution in [3.05, 3.63) is 29.3 Å². The lowest BCUT2D eigenvalue weighted by Crippen LogP contribution is -2.07. The highest BCUT2D eigenvalue weighted by Crippen LogP contribution is 2.20. The van der Waals surface area contributed by atoms with Crippen LogP contribution in [-0.2, 0) is 4.74 Å². The van der Waals surface area contributed by atoms with Gasteiger partial charge in [0, 0.05) is 6.61 Å². The Kier molecular flexibility index (Phi) is 4.65. The van der Waals surface area contributed by atoms with E-state index >= 15 is 0 Å². The lowest BCUT2D eigenvalue weighted by atomic mass is 10.1. The molecule has 0 bridgehead atoms. The van der Waals surface area contributed by atoms with Gasteiger partial charge in [0.05, 0.1) is 12.2 Å². The van der Waals surface area contributed by atoms with E-state index in [1.54, 1.807) is 6.07 Å². The minimum absolute atomic E-state index is 0.478. The van der Waals surface area contributed by atoms with Gasteiger partial charge in [-0.15, -0.1) is 0 Å². The quantitative estimate of drug-likeness (QED) is 0.692. The molecule has 0 fully saturated rings. The van der Waals surface area contributed by atoms with E-state index in [0.717, 1.165) is 5.56 Å². The van der Waals surface area contributed by atoms with Gasteiger partial charge in [-0.05, 0) is 25.5 Å². The van der Waals surface area contributed by atoms with Gasteiger partial charge in [0.2, 0.25) is 0 Å². The van der Waals surface area contributed by atoms with Gasteiger partial charge in [-0.1, -0.05) is 12.1 Å². The molecule has 0 saturated heterocycles. The van der Waals surface area contributed by atoms with Crippen molar-refractivity contribution in [2.24, 2.45) is 0 Å². The summed E-state index contributed by atoms with van der Waals surface area (Å²) in [5.74, 6) is 0.636. The molecule has 0 heterocycles. The van der Waals surface area contributed by atoms with E-state index in [1.807, 2.05) is 26.0 Å². The highest BCUT2D eigenvalue weighted by molar-refractivity contribution is 5.48. The van der Waals surface area contributed by atoms with Gasteiger partial charge in [-0.3, -0.25) is 0 Å². The van der Waals surface area contributed by atoms with Gasteiger partial charge in [0.15, 0.2) is 0 Å². The van der Waals surface area contributed by atoms with Crippen LogP contribution in [0.2, 0.25) is 0 Å². The van der Waals surface area contributed by atoms with Crippen molar-refractivity contribution in [2.45, 2.75) is 13.8 Å². The van der Waals surface area contributed by atoms with Crippen LogP contribution >= 0.6 is 0 Å². The van der Waals surface area contributed by atoms with Crippen molar-refractivity contribution >= 4 is 0 Å². The molecule has 80 valence electrons. The summed E-state index contributed by atoms with van der Waals surface area (Å²) in [6.07, 6.45) is 0. The van der Waals surface area contributed by atoms with Gasteiger partial charge in [-0.2, -0.15) is 5.26 Å². The molecule has 0 aliphatic rings. The molecule has 0 aliphatic heterocycles. The smallest absolute Gasteiger partial charge is 0.137 e. The maximum Gasteiger partial charge on any atom is 0.137 e. The van der Waals surface area contributed by atoms with Crippen LogP contribution in [0.3, 0.4) is 0 Å². The molecule has 0 atom stereocenters. The minimum atomic E-state index is 0.478. The number of aryl methyl sites for hydroxylation is 1. The van der Waals surface area contributed by atoms with Crippen LogP contribution in [0.5, 0.6) is 5.75 Å². The molecule has 3 nitrogen and oxygen atoms in total. The second-order valence-corrected chi connectivity index (χ2v) is 3.11. The zero-order chi connectivity index (χ0) is 11.1. The van der Waals surface area contributed by atoms with E-state index in [0.29, 0.717) is 31.1 Å². The number of nitriles is 1. The zero-order valence-corrected chi connectivity index (χ0v) is 9.12. The maximum absolute atomic E-state index is 8.94. The van der Waals surface area contributed by atoms with Crippen LogP contribution < -0.4 is 4.74 Å². The number of ether oxygens (including phenoxy) is 2. The van der Waals surface area contributed by atoms with E-state index in [2.05, 4.69) is 6.07 Å². The minimum Gasteiger partial charge on any atom is -0.490 e. The zero-order valence-electron chi connectivity index (χ0n) is 9.12. The number of hydrogen-bond acceptors (Lipinski definition) is 3. The van der Waals surface area contributed by atoms with Crippen LogP contribution in [0.1, 0.15) is 18.1 Å². The van der Waals surface area contributed by atoms with Gasteiger partial charge in [0.1, 0.15) is 18.4 Å². The Morgan fingerprint density at radius 1 is 1.33 bits per heavy atom. The van der Waals surface area contributed by atoms with Crippen molar-refractivity contribution in [1.82, 2.24) is 0 Å². The van der Waals surface area contributed by atoms with Gasteiger partial charge in [-0.25, -0.2) is 0 Å². The Bertz CT molecular complexity index is 355. The predicted octanol–water partition coefficient (Wildman–Crippen LogP) is 2.28. The lowest BCUT2D eigenvalue weighted by molar-refractivity contribution is 0.110. The average molecular weight is 205 g/mol. The number of nitrogens with zero attached hydrogens (tertiary/aromatic N) is 1. The molecule has 0 unspecified atom stereocenters. The summed E-state index contributed by atoms with van der Waals surface area (Å²) in [4.78, 5) is 0. The fraction of sp³-hybridized carbons (Fsp3) is 0.417. The second-order valence-electron chi connectivity index (χ2n) is 3.11. The van der Waals surface area contributed by atoms with Crippen molar-refractivity contribution in [1.29, 1.82) is 5.26 Å². The van der Waals surface area contributed by atoms with Crippen LogP contribution in [0.25, 0.3) is 0 Å². The summed E-state index contributed by atoms with van der Waals surface area (Å²) < 4.78 is 10.6. The third kappa shape index (κ3) is 3.26. The van der Waals surface area contributed by atoms with Crippen LogP contribution in [0.15, 0.2) is 18.2 Å². The predicted molar refractivity (Wildman–Crippen MR) is 57.9 cm³/mol. The molecule has 1 rings (SSSR count). The van der Waals surface area contributed by atoms with Gasteiger partial charge >= 0.3 is 0 Å². The monoisotopic (exact) mass is 205 g/mol. The van der Waals surface area contributed by atoms with Crippen LogP contribution in [0, 0.1) is 18.3 Å². The molecular formula is C12H15NO2. The first-order chi connectivity index (χ1) is 7.29. The number of rotatable bonds is 5. The van der Waals surface area contributed by atoms with Gasteiger partial charge < -0.3 is 9.47 Å². The SMILES string of the molecule is CCOCCOc1cccc(C)c1C#N. The molecule has 0 amide bonds. The molecule has 15 heavy (non-hydrogen) atoms. The molecule has 0 saturated carbocycles. The van der Waals surface area contributed by atoms with Crippen molar-refractivity contribution in [3.8, 4) is 11.8 Å². The highest BCUT2D eigenvalue weighted by Gasteiger charge is 2.04. The summed E-state index contributed by atoms with van der Waals surface area (Å²) in [5, 5.41) is 8.94. The molecule has 3 heteroatoms. The van der Waals surface area contributed by atoms with Crippen molar-refractivity contribution in [2.75, 3.05) is 19.8 Å². The molecule has 0 N–H and O–H groups in total. The van der Waals surface area contributed by atoms with Crippen LogP contribution in [-0.4, -0.2) is 19.8 Å². The number of benzene rings is 1. The first-order valence-electron chi connectivity index (χ1n) is 4.99. The summed E-state index contributed by atoms with van der Waals surface area (Å²) in [7, 11) is 0. The summed E-state index contributed by atoms with van der Waals surface area (Å²) in [6, 6.07) is 7.72. The summed E-state index contributed by atoms with van der Waals surface area (Å²) >= 11 is 0. The summed E-state index contributed by atoms with van der Waals surface area (Å²) in [6.45, 7) is 5.55. The van der Waals surface area contributed by atoms with Crippen LogP contribution in [0.4, 0.5) is 0 Å². The first-order valence-corrected chi connectivity index (χ1v) is 4.99. The third-order valence-electron chi connectivity index (χ3n) is 2.04. The Balaban J connectivity index is 2.61. The topological polar surface area (TPSA) is 42.2 Å². The Morgan fingerprint density at radius 3 is 2.80 bits per heavy atom. The average Bonchev–Trinajstić information content (AvgIpc) is 2.24. The number of hydrogen-bond donors (Lipinski definition) is 0. The highest BCUT2D eigenvalue weighted by atomic mass is 16.5. The molecule has 1 aromatic rings. The second kappa shape index (κ2) is 6.05. The largest absolute Gasteiger partial charge is 0.490 e. The third-order valence-corrected chi connectivity index (χ3v) is 2.04. The van der Waals surface area contributed by atoms with Gasteiger partial charge in [0.25, 0.3) is 0 Å². The summed E-state index contributed by atoms with van der Waals surface area (Å²) in [5.41, 5.74) is 1.54.